The zero-order chi connectivity index (χ0) is 61.5. The Hall–Kier alpha value is -3.16. The number of aliphatic hydroxyl groups excluding tert-OH is 1. The van der Waals surface area contributed by atoms with Gasteiger partial charge in [0.2, 0.25) is 0 Å². The molecule has 464 valence electrons. The smallest absolute Gasteiger partial charge is 0.0319 e. The molecule has 0 spiro atoms. The maximum absolute atomic E-state index is 7.00. The van der Waals surface area contributed by atoms with Gasteiger partial charge in [-0.3, -0.25) is 0 Å². The highest BCUT2D eigenvalue weighted by atomic mass is 16.2. The van der Waals surface area contributed by atoms with Crippen molar-refractivity contribution in [3.63, 3.8) is 0 Å². The highest BCUT2D eigenvalue weighted by Gasteiger charge is 2.34. The minimum absolute atomic E-state index is 0.473. The van der Waals surface area contributed by atoms with E-state index in [1.807, 2.05) is 96.9 Å². The first-order chi connectivity index (χ1) is 39.5. The van der Waals surface area contributed by atoms with E-state index in [0.717, 1.165) is 30.8 Å². The molecule has 0 atom stereocenters. The van der Waals surface area contributed by atoms with Crippen molar-refractivity contribution < 1.29 is 5.11 Å². The van der Waals surface area contributed by atoms with Gasteiger partial charge in [0.25, 0.3) is 0 Å². The van der Waals surface area contributed by atoms with Gasteiger partial charge in [0, 0.05) is 30.8 Å². The Morgan fingerprint density at radius 3 is 0.463 bits per heavy atom. The normalized spacial score (nSPS) is 19.0. The third-order valence-corrected chi connectivity index (χ3v) is 15.0. The highest BCUT2D eigenvalue weighted by Crippen LogP contribution is 2.49. The van der Waals surface area contributed by atoms with Gasteiger partial charge in [-0.05, 0) is 120 Å². The van der Waals surface area contributed by atoms with E-state index in [2.05, 4.69) is 152 Å². The summed E-state index contributed by atoms with van der Waals surface area (Å²) in [6, 6.07) is 40.9. The molecule has 9 rings (SSSR count). The van der Waals surface area contributed by atoms with Crippen LogP contribution in [0.2, 0.25) is 0 Å². The number of rotatable bonds is 4. The zero-order valence-electron chi connectivity index (χ0n) is 58.3. The minimum atomic E-state index is 0.473. The van der Waals surface area contributed by atoms with E-state index in [-0.39, 0.29) is 0 Å². The molecule has 4 aromatic rings. The van der Waals surface area contributed by atoms with Crippen molar-refractivity contribution in [3.8, 4) is 0 Å². The van der Waals surface area contributed by atoms with Crippen LogP contribution in [-0.2, 0) is 0 Å². The Morgan fingerprint density at radius 2 is 0.350 bits per heavy atom. The average Bonchev–Trinajstić information content (AvgIpc) is 3.54. The molecule has 0 aromatic heterocycles. The molecule has 4 saturated carbocycles. The third kappa shape index (κ3) is 29.9. The lowest BCUT2D eigenvalue weighted by Crippen LogP contribution is -2.22. The third-order valence-electron chi connectivity index (χ3n) is 15.0. The molecule has 0 saturated heterocycles. The van der Waals surface area contributed by atoms with E-state index in [4.69, 9.17) is 5.11 Å². The number of hydrogen-bond acceptors (Lipinski definition) is 1. The van der Waals surface area contributed by atoms with Crippen molar-refractivity contribution in [2.45, 2.75) is 330 Å². The average molecular weight is 1110 g/mol. The fourth-order valence-corrected chi connectivity index (χ4v) is 12.6. The fraction of sp³-hybridized carbons (Fsp3) is 0.696. The fourth-order valence-electron chi connectivity index (χ4n) is 12.6. The van der Waals surface area contributed by atoms with Gasteiger partial charge < -0.3 is 5.11 Å². The molecule has 4 fully saturated rings. The summed E-state index contributed by atoms with van der Waals surface area (Å²) in [7, 11) is 1.00. The second-order valence-electron chi connectivity index (χ2n) is 21.0. The predicted octanol–water partition coefficient (Wildman–Crippen LogP) is 27.3. The van der Waals surface area contributed by atoms with Crippen molar-refractivity contribution in [3.05, 3.63) is 142 Å². The lowest BCUT2D eigenvalue weighted by atomic mass is 9.68. The van der Waals surface area contributed by atoms with E-state index in [1.165, 1.54) is 154 Å². The standard InChI is InChI=1S/C52H64.4C3H8.7C2H6.CH4O/c1-5-17-37(18-6-1)49-41-25-13-27-43(33-41)50(38-19-7-2-8-20-38)45-29-15-31-47(35-45)52(40-23-11-4-12-24-40)48-32-16-30-46(36-48)51(39-21-9-3-10-22-39)44-28-14-26-42(49)34-44;4*1-3-2;8*1-2/h13-16,25-40,49-52H,1-12,17-24H2;4*3H2,1-2H3;7*1-2H3;2H,1H3. The summed E-state index contributed by atoms with van der Waals surface area (Å²) in [6.45, 7) is 45.0. The van der Waals surface area contributed by atoms with E-state index >= 15 is 0 Å². The number of fused-ring (bicyclic) bond motifs is 8. The van der Waals surface area contributed by atoms with Crippen molar-refractivity contribution in [1.29, 1.82) is 0 Å². The van der Waals surface area contributed by atoms with Crippen LogP contribution in [0.5, 0.6) is 0 Å². The predicted molar refractivity (Wildman–Crippen MR) is 371 cm³/mol. The van der Waals surface area contributed by atoms with Crippen LogP contribution < -0.4 is 0 Å². The minimum Gasteiger partial charge on any atom is -0.400 e. The van der Waals surface area contributed by atoms with Crippen molar-refractivity contribution in [2.75, 3.05) is 7.11 Å². The lowest BCUT2D eigenvalue weighted by Gasteiger charge is -2.36. The number of hydrogen-bond donors (Lipinski definition) is 1. The molecule has 0 unspecified atom stereocenters. The summed E-state index contributed by atoms with van der Waals surface area (Å²) >= 11 is 0. The molecule has 0 heterocycles. The summed E-state index contributed by atoms with van der Waals surface area (Å²) < 4.78 is 0. The van der Waals surface area contributed by atoms with E-state index in [0.29, 0.717) is 23.7 Å². The van der Waals surface area contributed by atoms with Crippen LogP contribution in [0.1, 0.15) is 375 Å². The van der Waals surface area contributed by atoms with Gasteiger partial charge in [0.1, 0.15) is 0 Å². The molecular weight excluding hydrogens is 965 g/mol. The summed E-state index contributed by atoms with van der Waals surface area (Å²) in [5.74, 6) is 4.79. The molecule has 4 aromatic carbocycles. The molecule has 5 aliphatic rings. The largest absolute Gasteiger partial charge is 0.400 e. The highest BCUT2D eigenvalue weighted by molar-refractivity contribution is 5.47. The van der Waals surface area contributed by atoms with Crippen LogP contribution in [0, 0.1) is 23.7 Å². The van der Waals surface area contributed by atoms with Crippen LogP contribution >= 0.6 is 0 Å². The van der Waals surface area contributed by atoms with Gasteiger partial charge in [-0.15, -0.1) is 0 Å². The van der Waals surface area contributed by atoms with Gasteiger partial charge in [-0.1, -0.05) is 352 Å². The summed E-state index contributed by atoms with van der Waals surface area (Å²) in [5, 5.41) is 7.00. The Balaban J connectivity index is -0.000000893. The lowest BCUT2D eigenvalue weighted by molar-refractivity contribution is 0.319. The first-order valence-corrected chi connectivity index (χ1v) is 35.3. The SMILES string of the molecule is CC.CC.CC.CC.CC.CC.CC.CCC.CCC.CCC.CCC.CO.c1cc2cc(c1)C(C1CCCCC1)c1cccc(c1)C(C1CCCCC1)c1cccc(c1)C(C1CCCCC1)c1cccc(c1)C2C1CCCCC1. The van der Waals surface area contributed by atoms with Crippen LogP contribution in [0.15, 0.2) is 97.1 Å². The van der Waals surface area contributed by atoms with Gasteiger partial charge in [0.15, 0.2) is 0 Å². The summed E-state index contributed by atoms with van der Waals surface area (Å²) in [5.41, 5.74) is 12.7. The van der Waals surface area contributed by atoms with Crippen LogP contribution in [-0.4, -0.2) is 12.2 Å². The molecule has 0 amide bonds. The quantitative estimate of drug-likeness (QED) is 0.216. The van der Waals surface area contributed by atoms with Crippen LogP contribution in [0.3, 0.4) is 0 Å². The molecule has 1 heteroatoms. The Labute approximate surface area is 505 Å². The first kappa shape index (κ1) is 83.3. The molecule has 8 bridgehead atoms. The summed E-state index contributed by atoms with van der Waals surface area (Å²) in [4.78, 5) is 0. The zero-order valence-corrected chi connectivity index (χ0v) is 58.3. The monoisotopic (exact) mass is 1110 g/mol. The Morgan fingerprint density at radius 1 is 0.237 bits per heavy atom. The topological polar surface area (TPSA) is 20.2 Å². The molecule has 1 nitrogen and oxygen atoms in total. The van der Waals surface area contributed by atoms with Crippen molar-refractivity contribution in [1.82, 2.24) is 0 Å². The Kier molecular flexibility index (Phi) is 61.4. The van der Waals surface area contributed by atoms with E-state index in [1.54, 1.807) is 44.5 Å². The molecule has 0 aliphatic heterocycles. The molecule has 0 radical (unpaired) electrons. The summed E-state index contributed by atoms with van der Waals surface area (Å²) in [6.07, 6.45) is 32.6. The van der Waals surface area contributed by atoms with Gasteiger partial charge in [-0.25, -0.2) is 0 Å². The van der Waals surface area contributed by atoms with Crippen LogP contribution in [0.25, 0.3) is 0 Å². The van der Waals surface area contributed by atoms with E-state index in [9.17, 15) is 0 Å². The Bertz CT molecular complexity index is 1480. The number of aliphatic hydroxyl groups is 1. The second-order valence-corrected chi connectivity index (χ2v) is 21.0. The van der Waals surface area contributed by atoms with E-state index < -0.39 is 0 Å². The maximum Gasteiger partial charge on any atom is 0.0319 e. The van der Waals surface area contributed by atoms with Crippen molar-refractivity contribution in [2.24, 2.45) is 23.7 Å². The van der Waals surface area contributed by atoms with Crippen LogP contribution in [0.4, 0.5) is 0 Å². The second kappa shape index (κ2) is 59.0. The van der Waals surface area contributed by atoms with Crippen molar-refractivity contribution >= 4 is 0 Å². The molecule has 1 N–H and O–H groups in total. The molecule has 80 heavy (non-hydrogen) atoms. The van der Waals surface area contributed by atoms with Gasteiger partial charge in [-0.2, -0.15) is 0 Å². The first-order valence-electron chi connectivity index (χ1n) is 35.3. The molecule has 5 aliphatic carbocycles. The van der Waals surface area contributed by atoms with Gasteiger partial charge in [0.05, 0.1) is 0 Å². The molecular formula is C79H142O. The maximum atomic E-state index is 7.00. The van der Waals surface area contributed by atoms with Gasteiger partial charge >= 0.3 is 0 Å². The number of benzene rings is 4.